The van der Waals surface area contributed by atoms with Gasteiger partial charge in [0, 0.05) is 12.6 Å². The van der Waals surface area contributed by atoms with Crippen LogP contribution in [0.25, 0.3) is 0 Å². The van der Waals surface area contributed by atoms with Crippen LogP contribution in [0.4, 0.5) is 0 Å². The molecule has 1 aromatic rings. The molecule has 1 aromatic carbocycles. The third-order valence-electron chi connectivity index (χ3n) is 3.71. The fourth-order valence-electron chi connectivity index (χ4n) is 2.19. The highest BCUT2D eigenvalue weighted by atomic mass is 35.5. The molecule has 0 aromatic heterocycles. The predicted octanol–water partition coefficient (Wildman–Crippen LogP) is 1.97. The highest BCUT2D eigenvalue weighted by Gasteiger charge is 2.32. The number of hydrogen-bond acceptors (Lipinski definition) is 3. The van der Waals surface area contributed by atoms with E-state index in [1.165, 1.54) is 0 Å². The van der Waals surface area contributed by atoms with Gasteiger partial charge in [-0.05, 0) is 37.8 Å². The Morgan fingerprint density at radius 1 is 1.32 bits per heavy atom. The molecule has 1 aliphatic rings. The zero-order valence-corrected chi connectivity index (χ0v) is 13.7. The lowest BCUT2D eigenvalue weighted by molar-refractivity contribution is -0.123. The summed E-state index contributed by atoms with van der Waals surface area (Å²) in [6, 6.07) is 4.07. The molecular formula is C15H19Cl2N3O2. The molecule has 0 bridgehead atoms. The van der Waals surface area contributed by atoms with Crippen LogP contribution >= 0.6 is 23.2 Å². The Morgan fingerprint density at radius 2 is 2.00 bits per heavy atom. The third-order valence-corrected chi connectivity index (χ3v) is 4.53. The van der Waals surface area contributed by atoms with Crippen molar-refractivity contribution in [2.75, 3.05) is 6.54 Å². The molecule has 0 aliphatic heterocycles. The Hall–Kier alpha value is -1.30. The molecule has 7 heteroatoms. The molecule has 1 saturated carbocycles. The van der Waals surface area contributed by atoms with Gasteiger partial charge in [0.25, 0.3) is 5.91 Å². The third kappa shape index (κ3) is 4.12. The van der Waals surface area contributed by atoms with E-state index < -0.39 is 11.9 Å². The molecular weight excluding hydrogens is 325 g/mol. The molecule has 22 heavy (non-hydrogen) atoms. The van der Waals surface area contributed by atoms with E-state index in [0.717, 1.165) is 12.8 Å². The second-order valence-corrected chi connectivity index (χ2v) is 6.27. The minimum Gasteiger partial charge on any atom is -0.350 e. The Balaban J connectivity index is 1.95. The molecule has 1 aliphatic carbocycles. The first-order valence-corrected chi connectivity index (χ1v) is 7.95. The van der Waals surface area contributed by atoms with Crippen LogP contribution in [0.1, 0.15) is 30.1 Å². The minimum absolute atomic E-state index is 0.0263. The molecule has 120 valence electrons. The summed E-state index contributed by atoms with van der Waals surface area (Å²) in [6.07, 6.45) is 2.17. The molecule has 0 heterocycles. The van der Waals surface area contributed by atoms with Crippen LogP contribution < -0.4 is 16.4 Å². The summed E-state index contributed by atoms with van der Waals surface area (Å²) in [5.41, 5.74) is 5.90. The lowest BCUT2D eigenvalue weighted by Gasteiger charge is -2.20. The predicted molar refractivity (Wildman–Crippen MR) is 87.1 cm³/mol. The number of halogens is 2. The van der Waals surface area contributed by atoms with Crippen LogP contribution in [0.5, 0.6) is 0 Å². The second-order valence-electron chi connectivity index (χ2n) is 5.48. The molecule has 0 radical (unpaired) electrons. The summed E-state index contributed by atoms with van der Waals surface area (Å²) in [5.74, 6) is -0.237. The van der Waals surface area contributed by atoms with E-state index >= 15 is 0 Å². The standard InChI is InChI=1S/C15H19Cl2N3O2/c1-8(14(21)20-12(7-18)9-5-6-9)19-15(22)10-3-2-4-11(16)13(10)17/h2-4,8-9,12H,5-7,18H2,1H3,(H,19,22)(H,20,21). The highest BCUT2D eigenvalue weighted by Crippen LogP contribution is 2.32. The van der Waals surface area contributed by atoms with Gasteiger partial charge >= 0.3 is 0 Å². The average molecular weight is 344 g/mol. The maximum Gasteiger partial charge on any atom is 0.253 e. The Labute approximate surface area is 139 Å². The van der Waals surface area contributed by atoms with Crippen LogP contribution in [0.15, 0.2) is 18.2 Å². The Morgan fingerprint density at radius 3 is 2.59 bits per heavy atom. The maximum atomic E-state index is 12.2. The van der Waals surface area contributed by atoms with Crippen molar-refractivity contribution in [2.45, 2.75) is 31.8 Å². The highest BCUT2D eigenvalue weighted by molar-refractivity contribution is 6.43. The van der Waals surface area contributed by atoms with Gasteiger partial charge in [-0.25, -0.2) is 0 Å². The van der Waals surface area contributed by atoms with E-state index in [1.54, 1.807) is 25.1 Å². The van der Waals surface area contributed by atoms with Gasteiger partial charge in [0.2, 0.25) is 5.91 Å². The van der Waals surface area contributed by atoms with Crippen LogP contribution in [-0.4, -0.2) is 30.4 Å². The molecule has 2 atom stereocenters. The van der Waals surface area contributed by atoms with Gasteiger partial charge in [0.1, 0.15) is 6.04 Å². The quantitative estimate of drug-likeness (QED) is 0.738. The summed E-state index contributed by atoms with van der Waals surface area (Å²) in [6.45, 7) is 2.02. The van der Waals surface area contributed by atoms with E-state index in [9.17, 15) is 9.59 Å². The van der Waals surface area contributed by atoms with E-state index in [0.29, 0.717) is 17.5 Å². The first kappa shape index (κ1) is 17.1. The lowest BCUT2D eigenvalue weighted by atomic mass is 10.1. The van der Waals surface area contributed by atoms with Crippen molar-refractivity contribution < 1.29 is 9.59 Å². The minimum atomic E-state index is -0.685. The summed E-state index contributed by atoms with van der Waals surface area (Å²) in [5, 5.41) is 5.96. The summed E-state index contributed by atoms with van der Waals surface area (Å²) < 4.78 is 0. The molecule has 5 nitrogen and oxygen atoms in total. The lowest BCUT2D eigenvalue weighted by Crippen LogP contribution is -2.50. The van der Waals surface area contributed by atoms with Gasteiger partial charge in [0.05, 0.1) is 15.6 Å². The smallest absolute Gasteiger partial charge is 0.253 e. The van der Waals surface area contributed by atoms with Crippen molar-refractivity contribution in [3.8, 4) is 0 Å². The summed E-state index contributed by atoms with van der Waals surface area (Å²) >= 11 is 11.9. The molecule has 2 amide bonds. The fraction of sp³-hybridized carbons (Fsp3) is 0.467. The SMILES string of the molecule is CC(NC(=O)c1cccc(Cl)c1Cl)C(=O)NC(CN)C1CC1. The number of amides is 2. The largest absolute Gasteiger partial charge is 0.350 e. The van der Waals surface area contributed by atoms with Crippen molar-refractivity contribution in [1.82, 2.24) is 10.6 Å². The summed E-state index contributed by atoms with van der Waals surface area (Å²) in [4.78, 5) is 24.3. The van der Waals surface area contributed by atoms with E-state index in [1.807, 2.05) is 0 Å². The first-order chi connectivity index (χ1) is 10.4. The van der Waals surface area contributed by atoms with Crippen LogP contribution in [0, 0.1) is 5.92 Å². The van der Waals surface area contributed by atoms with Crippen LogP contribution in [-0.2, 0) is 4.79 Å². The molecule has 4 N–H and O–H groups in total. The van der Waals surface area contributed by atoms with Gasteiger partial charge in [-0.1, -0.05) is 29.3 Å². The average Bonchev–Trinajstić information content (AvgIpc) is 3.31. The van der Waals surface area contributed by atoms with Crippen molar-refractivity contribution in [2.24, 2.45) is 11.7 Å². The van der Waals surface area contributed by atoms with Crippen molar-refractivity contribution in [3.63, 3.8) is 0 Å². The van der Waals surface area contributed by atoms with Crippen molar-refractivity contribution >= 4 is 35.0 Å². The van der Waals surface area contributed by atoms with Gasteiger partial charge in [-0.3, -0.25) is 9.59 Å². The number of benzene rings is 1. The number of nitrogens with one attached hydrogen (secondary N) is 2. The van der Waals surface area contributed by atoms with E-state index in [2.05, 4.69) is 10.6 Å². The Kier molecular flexibility index (Phi) is 5.67. The Bertz CT molecular complexity index is 576. The van der Waals surface area contributed by atoms with E-state index in [-0.39, 0.29) is 22.5 Å². The monoisotopic (exact) mass is 343 g/mol. The number of hydrogen-bond donors (Lipinski definition) is 3. The molecule has 2 rings (SSSR count). The van der Waals surface area contributed by atoms with Crippen LogP contribution in [0.3, 0.4) is 0 Å². The normalized spacial score (nSPS) is 16.7. The zero-order valence-electron chi connectivity index (χ0n) is 12.2. The number of carbonyl (C=O) groups excluding carboxylic acids is 2. The van der Waals surface area contributed by atoms with E-state index in [4.69, 9.17) is 28.9 Å². The maximum absolute atomic E-state index is 12.2. The van der Waals surface area contributed by atoms with Gasteiger partial charge in [-0.2, -0.15) is 0 Å². The topological polar surface area (TPSA) is 84.2 Å². The molecule has 0 saturated heterocycles. The van der Waals surface area contributed by atoms with Crippen LogP contribution in [0.2, 0.25) is 10.0 Å². The van der Waals surface area contributed by atoms with Gasteiger partial charge in [-0.15, -0.1) is 0 Å². The fourth-order valence-corrected chi connectivity index (χ4v) is 2.58. The summed E-state index contributed by atoms with van der Waals surface area (Å²) in [7, 11) is 0. The molecule has 1 fully saturated rings. The number of nitrogens with two attached hydrogens (primary N) is 1. The first-order valence-electron chi connectivity index (χ1n) is 7.19. The number of rotatable bonds is 6. The molecule has 2 unspecified atom stereocenters. The van der Waals surface area contributed by atoms with Crippen molar-refractivity contribution in [3.05, 3.63) is 33.8 Å². The van der Waals surface area contributed by atoms with Gasteiger partial charge < -0.3 is 16.4 Å². The number of carbonyl (C=O) groups is 2. The molecule has 0 spiro atoms. The zero-order chi connectivity index (χ0) is 16.3. The van der Waals surface area contributed by atoms with Gasteiger partial charge in [0.15, 0.2) is 0 Å². The second kappa shape index (κ2) is 7.31. The van der Waals surface area contributed by atoms with Crippen molar-refractivity contribution in [1.29, 1.82) is 0 Å².